The summed E-state index contributed by atoms with van der Waals surface area (Å²) in [6, 6.07) is 3.85. The maximum atomic E-state index is 13.4. The number of benzene rings is 1. The van der Waals surface area contributed by atoms with Gasteiger partial charge in [-0.2, -0.15) is 22.5 Å². The molecule has 2 rings (SSSR count). The fourth-order valence-electron chi connectivity index (χ4n) is 1.37. The highest BCUT2D eigenvalue weighted by molar-refractivity contribution is 5.34. The molecule has 0 amide bonds. The number of alkyl halides is 3. The van der Waals surface area contributed by atoms with E-state index in [0.717, 1.165) is 30.5 Å². The van der Waals surface area contributed by atoms with Gasteiger partial charge in [0, 0.05) is 7.05 Å². The van der Waals surface area contributed by atoms with Crippen molar-refractivity contribution in [1.29, 1.82) is 0 Å². The highest BCUT2D eigenvalue weighted by Crippen LogP contribution is 2.31. The predicted octanol–water partition coefficient (Wildman–Crippen LogP) is 3.47. The number of rotatable bonds is 3. The monoisotopic (exact) mass is 287 g/mol. The largest absolute Gasteiger partial charge is 0.436 e. The van der Waals surface area contributed by atoms with Crippen LogP contribution < -0.4 is 10.1 Å². The number of aromatic nitrogens is 2. The molecular formula is C12H9F4N3O. The molecule has 0 aliphatic carbocycles. The number of hydrogen-bond donors (Lipinski definition) is 1. The lowest BCUT2D eigenvalue weighted by Gasteiger charge is -2.09. The SMILES string of the molecule is CNc1ncc(F)c(Oc2ccc(C(F)(F)F)cc2)n1. The van der Waals surface area contributed by atoms with Crippen LogP contribution in [0.25, 0.3) is 0 Å². The predicted molar refractivity (Wildman–Crippen MR) is 63.1 cm³/mol. The van der Waals surface area contributed by atoms with E-state index >= 15 is 0 Å². The average Bonchev–Trinajstić information content (AvgIpc) is 2.41. The van der Waals surface area contributed by atoms with E-state index in [2.05, 4.69) is 15.3 Å². The third kappa shape index (κ3) is 3.14. The fourth-order valence-corrected chi connectivity index (χ4v) is 1.37. The van der Waals surface area contributed by atoms with Crippen LogP contribution >= 0.6 is 0 Å². The summed E-state index contributed by atoms with van der Waals surface area (Å²) in [5, 5.41) is 2.59. The van der Waals surface area contributed by atoms with Gasteiger partial charge in [0.25, 0.3) is 5.88 Å². The second-order valence-corrected chi connectivity index (χ2v) is 3.72. The number of nitrogens with zero attached hydrogens (tertiary/aromatic N) is 2. The van der Waals surface area contributed by atoms with Crippen LogP contribution in [-0.4, -0.2) is 17.0 Å². The zero-order chi connectivity index (χ0) is 14.8. The Hall–Kier alpha value is -2.38. The summed E-state index contributed by atoms with van der Waals surface area (Å²) in [6.45, 7) is 0. The Morgan fingerprint density at radius 2 is 1.80 bits per heavy atom. The van der Waals surface area contributed by atoms with Crippen LogP contribution in [0.15, 0.2) is 30.5 Å². The molecule has 106 valence electrons. The molecule has 0 aliphatic rings. The van der Waals surface area contributed by atoms with Gasteiger partial charge >= 0.3 is 6.18 Å². The van der Waals surface area contributed by atoms with E-state index < -0.39 is 17.6 Å². The first-order valence-corrected chi connectivity index (χ1v) is 5.45. The van der Waals surface area contributed by atoms with Gasteiger partial charge in [0.2, 0.25) is 11.8 Å². The topological polar surface area (TPSA) is 47.0 Å². The Kier molecular flexibility index (Phi) is 3.73. The summed E-state index contributed by atoms with van der Waals surface area (Å²) < 4.78 is 55.6. The molecular weight excluding hydrogens is 278 g/mol. The van der Waals surface area contributed by atoms with E-state index in [1.54, 1.807) is 0 Å². The molecule has 0 spiro atoms. The number of halogens is 4. The van der Waals surface area contributed by atoms with Gasteiger partial charge in [-0.15, -0.1) is 0 Å². The van der Waals surface area contributed by atoms with Gasteiger partial charge in [0.15, 0.2) is 0 Å². The van der Waals surface area contributed by atoms with Crippen molar-refractivity contribution in [2.24, 2.45) is 0 Å². The first kappa shape index (κ1) is 14.0. The van der Waals surface area contributed by atoms with Crippen LogP contribution in [0.3, 0.4) is 0 Å². The van der Waals surface area contributed by atoms with Crippen molar-refractivity contribution < 1.29 is 22.3 Å². The molecule has 0 saturated carbocycles. The van der Waals surface area contributed by atoms with Crippen molar-refractivity contribution in [3.63, 3.8) is 0 Å². The highest BCUT2D eigenvalue weighted by Gasteiger charge is 2.30. The Morgan fingerprint density at radius 3 is 2.35 bits per heavy atom. The number of ether oxygens (including phenoxy) is 1. The van der Waals surface area contributed by atoms with Crippen molar-refractivity contribution >= 4 is 5.95 Å². The van der Waals surface area contributed by atoms with E-state index in [4.69, 9.17) is 4.74 Å². The van der Waals surface area contributed by atoms with E-state index in [9.17, 15) is 17.6 Å². The molecule has 1 heterocycles. The molecule has 1 aromatic carbocycles. The van der Waals surface area contributed by atoms with Crippen LogP contribution in [0.5, 0.6) is 11.6 Å². The molecule has 4 nitrogen and oxygen atoms in total. The summed E-state index contributed by atoms with van der Waals surface area (Å²) in [5.74, 6) is -1.01. The number of nitrogens with one attached hydrogen (secondary N) is 1. The zero-order valence-corrected chi connectivity index (χ0v) is 10.2. The van der Waals surface area contributed by atoms with Crippen LogP contribution in [0.4, 0.5) is 23.5 Å². The molecule has 20 heavy (non-hydrogen) atoms. The van der Waals surface area contributed by atoms with Crippen LogP contribution in [0.1, 0.15) is 5.56 Å². The van der Waals surface area contributed by atoms with Crippen molar-refractivity contribution in [3.8, 4) is 11.6 Å². The maximum absolute atomic E-state index is 13.4. The quantitative estimate of drug-likeness (QED) is 0.878. The zero-order valence-electron chi connectivity index (χ0n) is 10.2. The lowest BCUT2D eigenvalue weighted by atomic mass is 10.2. The van der Waals surface area contributed by atoms with E-state index in [1.807, 2.05) is 0 Å². The van der Waals surface area contributed by atoms with Gasteiger partial charge in [-0.05, 0) is 24.3 Å². The van der Waals surface area contributed by atoms with Crippen LogP contribution in [0.2, 0.25) is 0 Å². The minimum atomic E-state index is -4.43. The van der Waals surface area contributed by atoms with Crippen molar-refractivity contribution in [3.05, 3.63) is 41.8 Å². The summed E-state index contributed by atoms with van der Waals surface area (Å²) >= 11 is 0. The third-order valence-corrected chi connectivity index (χ3v) is 2.33. The maximum Gasteiger partial charge on any atom is 0.416 e. The van der Waals surface area contributed by atoms with Gasteiger partial charge in [0.05, 0.1) is 11.8 Å². The molecule has 0 atom stereocenters. The minimum Gasteiger partial charge on any atom is -0.436 e. The molecule has 0 radical (unpaired) electrons. The summed E-state index contributed by atoms with van der Waals surface area (Å²) in [7, 11) is 1.54. The molecule has 8 heteroatoms. The van der Waals surface area contributed by atoms with Crippen LogP contribution in [0, 0.1) is 5.82 Å². The average molecular weight is 287 g/mol. The molecule has 1 aromatic heterocycles. The van der Waals surface area contributed by atoms with E-state index in [-0.39, 0.29) is 17.6 Å². The smallest absolute Gasteiger partial charge is 0.416 e. The Morgan fingerprint density at radius 1 is 1.15 bits per heavy atom. The Labute approximate surface area is 111 Å². The van der Waals surface area contributed by atoms with Gasteiger partial charge in [-0.3, -0.25) is 0 Å². The minimum absolute atomic E-state index is 0.0395. The number of anilines is 1. The van der Waals surface area contributed by atoms with Gasteiger partial charge in [-0.25, -0.2) is 4.98 Å². The summed E-state index contributed by atoms with van der Waals surface area (Å²) in [5.41, 5.74) is -0.816. The van der Waals surface area contributed by atoms with E-state index in [0.29, 0.717) is 0 Å². The Bertz CT molecular complexity index is 599. The molecule has 0 bridgehead atoms. The Balaban J connectivity index is 2.22. The fraction of sp³-hybridized carbons (Fsp3) is 0.167. The summed E-state index contributed by atoms with van der Waals surface area (Å²) in [6.07, 6.45) is -3.53. The lowest BCUT2D eigenvalue weighted by Crippen LogP contribution is -2.04. The van der Waals surface area contributed by atoms with Gasteiger partial charge in [0.1, 0.15) is 5.75 Å². The molecule has 0 fully saturated rings. The second-order valence-electron chi connectivity index (χ2n) is 3.72. The lowest BCUT2D eigenvalue weighted by molar-refractivity contribution is -0.137. The highest BCUT2D eigenvalue weighted by atomic mass is 19.4. The van der Waals surface area contributed by atoms with Gasteiger partial charge in [-0.1, -0.05) is 0 Å². The molecule has 0 unspecified atom stereocenters. The third-order valence-electron chi connectivity index (χ3n) is 2.33. The second kappa shape index (κ2) is 5.32. The standard InChI is InChI=1S/C12H9F4N3O/c1-17-11-18-6-9(13)10(19-11)20-8-4-2-7(3-5-8)12(14,15)16/h2-6H,1H3,(H,17,18,19). The van der Waals surface area contributed by atoms with Crippen LogP contribution in [-0.2, 0) is 6.18 Å². The van der Waals surface area contributed by atoms with Crippen molar-refractivity contribution in [2.75, 3.05) is 12.4 Å². The first-order chi connectivity index (χ1) is 9.40. The first-order valence-electron chi connectivity index (χ1n) is 5.45. The normalized spacial score (nSPS) is 11.2. The summed E-state index contributed by atoms with van der Waals surface area (Å²) in [4.78, 5) is 7.34. The molecule has 0 aliphatic heterocycles. The van der Waals surface area contributed by atoms with Crippen molar-refractivity contribution in [1.82, 2.24) is 9.97 Å². The van der Waals surface area contributed by atoms with Crippen molar-refractivity contribution in [2.45, 2.75) is 6.18 Å². The molecule has 1 N–H and O–H groups in total. The number of hydrogen-bond acceptors (Lipinski definition) is 4. The molecule has 2 aromatic rings. The van der Waals surface area contributed by atoms with Gasteiger partial charge < -0.3 is 10.1 Å². The van der Waals surface area contributed by atoms with E-state index in [1.165, 1.54) is 7.05 Å². The molecule has 0 saturated heterocycles.